The number of aliphatic imine (C=N–C) groups is 2. The zero-order chi connectivity index (χ0) is 9.30. The van der Waals surface area contributed by atoms with Crippen molar-refractivity contribution in [2.24, 2.45) is 15.7 Å². The molecule has 0 aromatic rings. The monoisotopic (exact) mass is 170 g/mol. The maximum absolute atomic E-state index is 10.9. The number of rotatable bonds is 1. The summed E-state index contributed by atoms with van der Waals surface area (Å²) in [5.74, 6) is -1.03. The number of nitrogens with zero attached hydrogens (tertiary/aromatic N) is 3. The van der Waals surface area contributed by atoms with E-state index < -0.39 is 16.9 Å². The smallest absolute Gasteiger partial charge is 0.348 e. The number of carbonyl (C=O) groups excluding carboxylic acids is 1. The zero-order valence-corrected chi connectivity index (χ0v) is 6.22. The minimum absolute atomic E-state index is 0.149. The van der Waals surface area contributed by atoms with Crippen molar-refractivity contribution in [1.82, 2.24) is 0 Å². The Kier molecular flexibility index (Phi) is 1.86. The van der Waals surface area contributed by atoms with Gasteiger partial charge in [0.1, 0.15) is 5.84 Å². The molecule has 7 heteroatoms. The second kappa shape index (κ2) is 2.68. The molecule has 1 aliphatic rings. The molecule has 0 bridgehead atoms. The number of nitrogens with two attached hydrogens (primary N) is 1. The average Bonchev–Trinajstić information content (AvgIpc) is 1.82. The van der Waals surface area contributed by atoms with Gasteiger partial charge in [0.25, 0.3) is 0 Å². The Morgan fingerprint density at radius 2 is 2.17 bits per heavy atom. The van der Waals surface area contributed by atoms with Crippen LogP contribution >= 0.6 is 0 Å². The second-order valence-corrected chi connectivity index (χ2v) is 2.22. The Morgan fingerprint density at radius 1 is 1.58 bits per heavy atom. The number of hydrogen-bond donors (Lipinski definition) is 1. The molecule has 7 nitrogen and oxygen atoms in total. The van der Waals surface area contributed by atoms with Gasteiger partial charge < -0.3 is 5.73 Å². The molecule has 0 fully saturated rings. The molecule has 1 unspecified atom stereocenters. The summed E-state index contributed by atoms with van der Waals surface area (Å²) in [7, 11) is 0. The molecule has 0 aromatic heterocycles. The third kappa shape index (κ3) is 1.29. The van der Waals surface area contributed by atoms with Gasteiger partial charge in [-0.05, 0) is 6.92 Å². The first-order valence-corrected chi connectivity index (χ1v) is 3.09. The molecule has 12 heavy (non-hydrogen) atoms. The third-order valence-corrected chi connectivity index (χ3v) is 1.29. The lowest BCUT2D eigenvalue weighted by Gasteiger charge is -2.08. The number of amides is 1. The van der Waals surface area contributed by atoms with Crippen LogP contribution in [0.3, 0.4) is 0 Å². The summed E-state index contributed by atoms with van der Waals surface area (Å²) in [5.41, 5.74) is 5.17. The molecule has 0 saturated heterocycles. The van der Waals surface area contributed by atoms with Crippen LogP contribution in [0.15, 0.2) is 9.98 Å². The molecule has 1 heterocycles. The van der Waals surface area contributed by atoms with Gasteiger partial charge in [0.15, 0.2) is 5.84 Å². The highest BCUT2D eigenvalue weighted by Gasteiger charge is 2.36. The summed E-state index contributed by atoms with van der Waals surface area (Å²) in [6.07, 6.45) is 0. The maximum atomic E-state index is 10.9. The molecule has 64 valence electrons. The normalized spacial score (nSPS) is 23.1. The molecular weight excluding hydrogens is 164 g/mol. The summed E-state index contributed by atoms with van der Waals surface area (Å²) in [6.45, 7) is 1.45. The summed E-state index contributed by atoms with van der Waals surface area (Å²) in [6, 6.07) is -1.60. The van der Waals surface area contributed by atoms with E-state index in [0.717, 1.165) is 0 Å². The van der Waals surface area contributed by atoms with Crippen LogP contribution in [0.2, 0.25) is 0 Å². The minimum atomic E-state index is -1.60. The molecule has 1 atom stereocenters. The highest BCUT2D eigenvalue weighted by atomic mass is 16.6. The molecule has 0 saturated carbocycles. The van der Waals surface area contributed by atoms with E-state index in [1.54, 1.807) is 0 Å². The lowest BCUT2D eigenvalue weighted by atomic mass is 10.2. The molecule has 0 radical (unpaired) electrons. The van der Waals surface area contributed by atoms with Crippen LogP contribution in [0.25, 0.3) is 0 Å². The Labute approximate surface area is 67.1 Å². The van der Waals surface area contributed by atoms with Crippen molar-refractivity contribution < 1.29 is 9.72 Å². The predicted octanol–water partition coefficient (Wildman–Crippen LogP) is -1.05. The molecule has 0 spiro atoms. The zero-order valence-electron chi connectivity index (χ0n) is 6.22. The number of nitro groups is 1. The highest BCUT2D eigenvalue weighted by Crippen LogP contribution is 2.01. The van der Waals surface area contributed by atoms with E-state index in [1.165, 1.54) is 6.92 Å². The molecule has 0 aromatic carbocycles. The second-order valence-electron chi connectivity index (χ2n) is 2.22. The van der Waals surface area contributed by atoms with Gasteiger partial charge in [-0.15, -0.1) is 0 Å². The third-order valence-electron chi connectivity index (χ3n) is 1.29. The fourth-order valence-corrected chi connectivity index (χ4v) is 0.818. The standard InChI is InChI=1S/C5H6N4O3/c1-2-7-4(6)3(9(11)12)5(10)8-2/h3H,1H3,(H2,6,7,8,10). The van der Waals surface area contributed by atoms with Gasteiger partial charge in [0, 0.05) is 4.92 Å². The van der Waals surface area contributed by atoms with Crippen LogP contribution < -0.4 is 5.73 Å². The van der Waals surface area contributed by atoms with Gasteiger partial charge in [-0.1, -0.05) is 0 Å². The number of amidine groups is 2. The fraction of sp³-hybridized carbons (Fsp3) is 0.400. The predicted molar refractivity (Wildman–Crippen MR) is 40.5 cm³/mol. The van der Waals surface area contributed by atoms with Crippen molar-refractivity contribution >= 4 is 17.6 Å². The Morgan fingerprint density at radius 3 is 2.58 bits per heavy atom. The largest absolute Gasteiger partial charge is 0.381 e. The Bertz CT molecular complexity index is 306. The van der Waals surface area contributed by atoms with Crippen LogP contribution in [-0.4, -0.2) is 28.5 Å². The minimum Gasteiger partial charge on any atom is -0.381 e. The SMILES string of the molecule is CC1=NC(=O)C([N+](=O)[O-])C(N)=N1. The summed E-state index contributed by atoms with van der Waals surface area (Å²) in [4.78, 5) is 27.1. The van der Waals surface area contributed by atoms with Gasteiger partial charge in [-0.25, -0.2) is 4.99 Å². The lowest BCUT2D eigenvalue weighted by Crippen LogP contribution is -2.44. The highest BCUT2D eigenvalue weighted by molar-refractivity contribution is 6.16. The Balaban J connectivity index is 3.03. The van der Waals surface area contributed by atoms with Crippen LogP contribution in [0, 0.1) is 10.1 Å². The number of carbonyl (C=O) groups is 1. The summed E-state index contributed by atoms with van der Waals surface area (Å²) in [5, 5.41) is 10.2. The first-order valence-electron chi connectivity index (χ1n) is 3.09. The maximum Gasteiger partial charge on any atom is 0.348 e. The first kappa shape index (κ1) is 8.31. The molecule has 0 aliphatic carbocycles. The van der Waals surface area contributed by atoms with Crippen molar-refractivity contribution in [2.45, 2.75) is 13.0 Å². The molecule has 1 amide bonds. The van der Waals surface area contributed by atoms with Crippen molar-refractivity contribution in [3.8, 4) is 0 Å². The van der Waals surface area contributed by atoms with Crippen molar-refractivity contribution in [2.75, 3.05) is 0 Å². The van der Waals surface area contributed by atoms with Crippen LogP contribution in [0.5, 0.6) is 0 Å². The van der Waals surface area contributed by atoms with E-state index in [9.17, 15) is 14.9 Å². The van der Waals surface area contributed by atoms with Gasteiger partial charge >= 0.3 is 11.9 Å². The Hall–Kier alpha value is -1.79. The van der Waals surface area contributed by atoms with Crippen molar-refractivity contribution in [1.29, 1.82) is 0 Å². The van der Waals surface area contributed by atoms with E-state index >= 15 is 0 Å². The molecule has 2 N–H and O–H groups in total. The quantitative estimate of drug-likeness (QED) is 0.399. The first-order chi connectivity index (χ1) is 5.52. The average molecular weight is 170 g/mol. The van der Waals surface area contributed by atoms with Gasteiger partial charge in [0.05, 0.1) is 0 Å². The van der Waals surface area contributed by atoms with E-state index in [2.05, 4.69) is 9.98 Å². The topological polar surface area (TPSA) is 111 Å². The van der Waals surface area contributed by atoms with Crippen LogP contribution in [-0.2, 0) is 4.79 Å². The van der Waals surface area contributed by atoms with E-state index in [4.69, 9.17) is 5.73 Å². The lowest BCUT2D eigenvalue weighted by molar-refractivity contribution is -0.489. The summed E-state index contributed by atoms with van der Waals surface area (Å²) >= 11 is 0. The fourth-order valence-electron chi connectivity index (χ4n) is 0.818. The van der Waals surface area contributed by atoms with Crippen LogP contribution in [0.1, 0.15) is 6.92 Å². The van der Waals surface area contributed by atoms with Gasteiger partial charge in [0.2, 0.25) is 0 Å². The van der Waals surface area contributed by atoms with Crippen LogP contribution in [0.4, 0.5) is 0 Å². The van der Waals surface area contributed by atoms with E-state index in [1.807, 2.05) is 0 Å². The van der Waals surface area contributed by atoms with E-state index in [-0.39, 0.29) is 11.7 Å². The van der Waals surface area contributed by atoms with Crippen molar-refractivity contribution in [3.05, 3.63) is 10.1 Å². The van der Waals surface area contributed by atoms with Gasteiger partial charge in [-0.2, -0.15) is 4.99 Å². The molecule has 1 rings (SSSR count). The van der Waals surface area contributed by atoms with Gasteiger partial charge in [-0.3, -0.25) is 14.9 Å². The molecule has 1 aliphatic heterocycles. The molecular formula is C5H6N4O3. The summed E-state index contributed by atoms with van der Waals surface area (Å²) < 4.78 is 0. The van der Waals surface area contributed by atoms with E-state index in [0.29, 0.717) is 0 Å². The number of hydrogen-bond acceptors (Lipinski definition) is 5. The van der Waals surface area contributed by atoms with Crippen molar-refractivity contribution in [3.63, 3.8) is 0 Å².